The van der Waals surface area contributed by atoms with E-state index in [9.17, 15) is 0 Å². The maximum Gasteiger partial charge on any atom is 0.122 e. The second-order valence-corrected chi connectivity index (χ2v) is 2.75. The standard InChI is InChI=1S/C9H11N3O/c1-13-7-2-3-12-6-11-8(5-10)9(12)4-7/h2-4,6H,5,10H2,1H3. The molecule has 68 valence electrons. The lowest BCUT2D eigenvalue weighted by atomic mass is 10.3. The Hall–Kier alpha value is -1.55. The lowest BCUT2D eigenvalue weighted by Crippen LogP contribution is -1.97. The minimum absolute atomic E-state index is 0.448. The van der Waals surface area contributed by atoms with Gasteiger partial charge in [0.25, 0.3) is 0 Å². The summed E-state index contributed by atoms with van der Waals surface area (Å²) in [5.41, 5.74) is 7.42. The van der Waals surface area contributed by atoms with Gasteiger partial charge in [0, 0.05) is 18.8 Å². The summed E-state index contributed by atoms with van der Waals surface area (Å²) in [5.74, 6) is 0.822. The van der Waals surface area contributed by atoms with Crippen LogP contribution in [0.5, 0.6) is 5.75 Å². The van der Waals surface area contributed by atoms with Crippen molar-refractivity contribution in [2.75, 3.05) is 7.11 Å². The summed E-state index contributed by atoms with van der Waals surface area (Å²) in [5, 5.41) is 0. The molecule has 13 heavy (non-hydrogen) atoms. The monoisotopic (exact) mass is 177 g/mol. The van der Waals surface area contributed by atoms with Gasteiger partial charge in [0.2, 0.25) is 0 Å². The largest absolute Gasteiger partial charge is 0.497 e. The molecule has 0 atom stereocenters. The van der Waals surface area contributed by atoms with E-state index in [0.29, 0.717) is 6.54 Å². The lowest BCUT2D eigenvalue weighted by molar-refractivity contribution is 0.414. The van der Waals surface area contributed by atoms with Crippen molar-refractivity contribution < 1.29 is 4.74 Å². The zero-order valence-corrected chi connectivity index (χ0v) is 7.40. The highest BCUT2D eigenvalue weighted by atomic mass is 16.5. The van der Waals surface area contributed by atoms with Gasteiger partial charge in [-0.05, 0) is 6.07 Å². The molecule has 2 aromatic rings. The Morgan fingerprint density at radius 3 is 3.15 bits per heavy atom. The van der Waals surface area contributed by atoms with Crippen molar-refractivity contribution in [3.63, 3.8) is 0 Å². The van der Waals surface area contributed by atoms with Gasteiger partial charge in [-0.3, -0.25) is 0 Å². The topological polar surface area (TPSA) is 52.5 Å². The Labute approximate surface area is 76.0 Å². The van der Waals surface area contributed by atoms with Crippen LogP contribution in [0.25, 0.3) is 5.52 Å². The summed E-state index contributed by atoms with van der Waals surface area (Å²) < 4.78 is 7.03. The van der Waals surface area contributed by atoms with E-state index < -0.39 is 0 Å². The summed E-state index contributed by atoms with van der Waals surface area (Å²) in [7, 11) is 1.64. The van der Waals surface area contributed by atoms with E-state index in [4.69, 9.17) is 10.5 Å². The highest BCUT2D eigenvalue weighted by Crippen LogP contribution is 2.16. The number of rotatable bonds is 2. The molecule has 2 rings (SSSR count). The molecule has 2 N–H and O–H groups in total. The molecule has 2 aromatic heterocycles. The molecule has 0 fully saturated rings. The molecular weight excluding hydrogens is 166 g/mol. The number of nitrogens with zero attached hydrogens (tertiary/aromatic N) is 2. The predicted octanol–water partition coefficient (Wildman–Crippen LogP) is 0.802. The molecule has 0 aliphatic carbocycles. The smallest absolute Gasteiger partial charge is 0.122 e. The quantitative estimate of drug-likeness (QED) is 0.738. The zero-order chi connectivity index (χ0) is 9.26. The van der Waals surface area contributed by atoms with Crippen LogP contribution < -0.4 is 10.5 Å². The molecule has 0 radical (unpaired) electrons. The van der Waals surface area contributed by atoms with Crippen molar-refractivity contribution in [3.8, 4) is 5.75 Å². The van der Waals surface area contributed by atoms with E-state index in [0.717, 1.165) is 17.0 Å². The van der Waals surface area contributed by atoms with Gasteiger partial charge in [-0.25, -0.2) is 4.98 Å². The number of nitrogens with two attached hydrogens (primary N) is 1. The lowest BCUT2D eigenvalue weighted by Gasteiger charge is -2.00. The average molecular weight is 177 g/mol. The van der Waals surface area contributed by atoms with Gasteiger partial charge in [0.05, 0.1) is 24.6 Å². The van der Waals surface area contributed by atoms with Crippen LogP contribution in [0.3, 0.4) is 0 Å². The summed E-state index contributed by atoms with van der Waals surface area (Å²) in [6, 6.07) is 3.81. The van der Waals surface area contributed by atoms with Crippen molar-refractivity contribution in [1.29, 1.82) is 0 Å². The van der Waals surface area contributed by atoms with Gasteiger partial charge in [-0.1, -0.05) is 0 Å². The normalized spacial score (nSPS) is 10.6. The number of pyridine rings is 1. The molecule has 2 heterocycles. The van der Waals surface area contributed by atoms with Gasteiger partial charge in [-0.2, -0.15) is 0 Å². The molecule has 0 saturated heterocycles. The average Bonchev–Trinajstić information content (AvgIpc) is 2.59. The number of aromatic nitrogens is 2. The minimum Gasteiger partial charge on any atom is -0.497 e. The third kappa shape index (κ3) is 1.25. The van der Waals surface area contributed by atoms with Gasteiger partial charge in [0.15, 0.2) is 0 Å². The number of ether oxygens (including phenoxy) is 1. The van der Waals surface area contributed by atoms with E-state index in [-0.39, 0.29) is 0 Å². The molecule has 0 aliphatic heterocycles. The van der Waals surface area contributed by atoms with Crippen LogP contribution in [0, 0.1) is 0 Å². The van der Waals surface area contributed by atoms with Crippen LogP contribution in [0.2, 0.25) is 0 Å². The number of fused-ring (bicyclic) bond motifs is 1. The summed E-state index contributed by atoms with van der Waals surface area (Å²) >= 11 is 0. The van der Waals surface area contributed by atoms with Crippen LogP contribution in [-0.4, -0.2) is 16.5 Å². The maximum atomic E-state index is 5.54. The Bertz CT molecular complexity index is 422. The van der Waals surface area contributed by atoms with Crippen LogP contribution in [0.1, 0.15) is 5.69 Å². The van der Waals surface area contributed by atoms with Gasteiger partial charge >= 0.3 is 0 Å². The van der Waals surface area contributed by atoms with Crippen molar-refractivity contribution >= 4 is 5.52 Å². The minimum atomic E-state index is 0.448. The third-order valence-corrected chi connectivity index (χ3v) is 2.02. The van der Waals surface area contributed by atoms with Crippen LogP contribution in [-0.2, 0) is 6.54 Å². The van der Waals surface area contributed by atoms with Gasteiger partial charge < -0.3 is 14.9 Å². The number of hydrogen-bond acceptors (Lipinski definition) is 3. The Morgan fingerprint density at radius 2 is 2.46 bits per heavy atom. The highest BCUT2D eigenvalue weighted by molar-refractivity contribution is 5.55. The van der Waals surface area contributed by atoms with E-state index in [1.165, 1.54) is 0 Å². The Balaban J connectivity index is 2.64. The molecule has 0 aliphatic rings. The molecule has 0 amide bonds. The van der Waals surface area contributed by atoms with Crippen molar-refractivity contribution in [2.24, 2.45) is 5.73 Å². The third-order valence-electron chi connectivity index (χ3n) is 2.02. The number of hydrogen-bond donors (Lipinski definition) is 1. The van der Waals surface area contributed by atoms with Crippen LogP contribution in [0.4, 0.5) is 0 Å². The van der Waals surface area contributed by atoms with Crippen LogP contribution in [0.15, 0.2) is 24.7 Å². The highest BCUT2D eigenvalue weighted by Gasteiger charge is 2.02. The van der Waals surface area contributed by atoms with Gasteiger partial charge in [0.1, 0.15) is 5.75 Å². The first-order valence-electron chi connectivity index (χ1n) is 4.05. The first kappa shape index (κ1) is 8.07. The van der Waals surface area contributed by atoms with E-state index >= 15 is 0 Å². The first-order valence-corrected chi connectivity index (χ1v) is 4.05. The van der Waals surface area contributed by atoms with Crippen molar-refractivity contribution in [3.05, 3.63) is 30.4 Å². The molecule has 0 unspecified atom stereocenters. The summed E-state index contributed by atoms with van der Waals surface area (Å²) in [6.07, 6.45) is 3.65. The predicted molar refractivity (Wildman–Crippen MR) is 49.6 cm³/mol. The van der Waals surface area contributed by atoms with Crippen LogP contribution >= 0.6 is 0 Å². The van der Waals surface area contributed by atoms with Gasteiger partial charge in [-0.15, -0.1) is 0 Å². The van der Waals surface area contributed by atoms with Crippen molar-refractivity contribution in [1.82, 2.24) is 9.38 Å². The molecule has 0 aromatic carbocycles. The SMILES string of the molecule is COc1ccn2cnc(CN)c2c1. The maximum absolute atomic E-state index is 5.54. The molecule has 4 nitrogen and oxygen atoms in total. The fourth-order valence-corrected chi connectivity index (χ4v) is 1.31. The summed E-state index contributed by atoms with van der Waals surface area (Å²) in [6.45, 7) is 0.448. The Morgan fingerprint density at radius 1 is 1.62 bits per heavy atom. The summed E-state index contributed by atoms with van der Waals surface area (Å²) in [4.78, 5) is 4.17. The zero-order valence-electron chi connectivity index (χ0n) is 7.40. The fraction of sp³-hybridized carbons (Fsp3) is 0.222. The van der Waals surface area contributed by atoms with Crippen molar-refractivity contribution in [2.45, 2.75) is 6.54 Å². The molecule has 4 heteroatoms. The molecule has 0 spiro atoms. The molecule has 0 bridgehead atoms. The van der Waals surface area contributed by atoms with E-state index in [1.807, 2.05) is 22.7 Å². The number of imidazole rings is 1. The van der Waals surface area contributed by atoms with E-state index in [2.05, 4.69) is 4.98 Å². The van der Waals surface area contributed by atoms with E-state index in [1.54, 1.807) is 13.4 Å². The number of methoxy groups -OCH3 is 1. The Kier molecular flexibility index (Phi) is 1.90. The molecule has 0 saturated carbocycles. The first-order chi connectivity index (χ1) is 6.35. The fourth-order valence-electron chi connectivity index (χ4n) is 1.31. The molecular formula is C9H11N3O. The second-order valence-electron chi connectivity index (χ2n) is 2.75. The second kappa shape index (κ2) is 3.06.